The molecule has 0 aromatic carbocycles. The Kier molecular flexibility index (Phi) is 8.22. The zero-order valence-corrected chi connectivity index (χ0v) is 17.8. The smallest absolute Gasteiger partial charge is 0.328 e. The molecule has 8 heteroatoms. The van der Waals surface area contributed by atoms with Gasteiger partial charge in [0.15, 0.2) is 0 Å². The lowest BCUT2D eigenvalue weighted by Crippen LogP contribution is -2.45. The third-order valence-electron chi connectivity index (χ3n) is 5.56. The Morgan fingerprint density at radius 3 is 2.52 bits per heavy atom. The van der Waals surface area contributed by atoms with Crippen LogP contribution in [0.4, 0.5) is 0 Å². The minimum atomic E-state index is -0.529. The predicted molar refractivity (Wildman–Crippen MR) is 108 cm³/mol. The predicted octanol–water partition coefficient (Wildman–Crippen LogP) is 1.11. The van der Waals surface area contributed by atoms with Crippen LogP contribution in [0.3, 0.4) is 0 Å². The number of likely N-dealkylation sites (tertiary alicyclic amines) is 1. The second kappa shape index (κ2) is 10.4. The third kappa shape index (κ3) is 6.30. The summed E-state index contributed by atoms with van der Waals surface area (Å²) in [5.41, 5.74) is 0.494. The number of esters is 1. The molecule has 0 aromatic heterocycles. The molecule has 8 nitrogen and oxygen atoms in total. The first-order valence-electron chi connectivity index (χ1n) is 10.3. The molecule has 162 valence electrons. The molecule has 3 amide bonds. The molecule has 0 radical (unpaired) electrons. The summed E-state index contributed by atoms with van der Waals surface area (Å²) in [5, 5.41) is 2.37. The van der Waals surface area contributed by atoms with Crippen molar-refractivity contribution in [2.75, 3.05) is 26.7 Å². The van der Waals surface area contributed by atoms with Crippen LogP contribution >= 0.6 is 0 Å². The van der Waals surface area contributed by atoms with E-state index in [1.54, 1.807) is 24.9 Å². The Morgan fingerprint density at radius 2 is 1.93 bits per heavy atom. The normalized spacial score (nSPS) is 20.4. The second-order valence-corrected chi connectivity index (χ2v) is 8.32. The fraction of sp³-hybridized carbons (Fsp3) is 0.714. The highest BCUT2D eigenvalue weighted by Gasteiger charge is 2.37. The molecule has 1 heterocycles. The van der Waals surface area contributed by atoms with E-state index in [1.807, 2.05) is 13.8 Å². The van der Waals surface area contributed by atoms with E-state index in [1.165, 1.54) is 4.90 Å². The number of carbonyl (C=O) groups is 4. The van der Waals surface area contributed by atoms with Crippen molar-refractivity contribution in [1.29, 1.82) is 0 Å². The van der Waals surface area contributed by atoms with Gasteiger partial charge in [-0.3, -0.25) is 14.4 Å². The molecule has 2 aliphatic rings. The summed E-state index contributed by atoms with van der Waals surface area (Å²) in [6.07, 6.45) is 5.85. The number of hydrogen-bond acceptors (Lipinski definition) is 5. The number of hydrogen-bond donors (Lipinski definition) is 1. The zero-order valence-electron chi connectivity index (χ0n) is 17.8. The van der Waals surface area contributed by atoms with Gasteiger partial charge in [0, 0.05) is 19.2 Å². The van der Waals surface area contributed by atoms with E-state index in [0.717, 1.165) is 19.3 Å². The fourth-order valence-electron chi connectivity index (χ4n) is 3.56. The second-order valence-electron chi connectivity index (χ2n) is 8.32. The minimum absolute atomic E-state index is 0.0702. The van der Waals surface area contributed by atoms with Crippen LogP contribution in [0.15, 0.2) is 11.6 Å². The SMILES string of the molecule is CC(=C[C@H](C(C)C)N(C)C(=O)CNC=O)C(=O)N1CCCC1C(=O)OCC1CC1. The van der Waals surface area contributed by atoms with Crippen molar-refractivity contribution >= 4 is 24.2 Å². The number of nitrogens with zero attached hydrogens (tertiary/aromatic N) is 2. The fourth-order valence-corrected chi connectivity index (χ4v) is 3.56. The van der Waals surface area contributed by atoms with Crippen LogP contribution in [0.25, 0.3) is 0 Å². The lowest BCUT2D eigenvalue weighted by atomic mass is 9.99. The van der Waals surface area contributed by atoms with E-state index in [-0.39, 0.29) is 36.3 Å². The van der Waals surface area contributed by atoms with Crippen molar-refractivity contribution in [3.8, 4) is 0 Å². The van der Waals surface area contributed by atoms with Gasteiger partial charge in [-0.2, -0.15) is 0 Å². The third-order valence-corrected chi connectivity index (χ3v) is 5.56. The average molecular weight is 408 g/mol. The largest absolute Gasteiger partial charge is 0.464 e. The van der Waals surface area contributed by atoms with Crippen LogP contribution in [0, 0.1) is 11.8 Å². The van der Waals surface area contributed by atoms with Gasteiger partial charge in [-0.25, -0.2) is 4.79 Å². The summed E-state index contributed by atoms with van der Waals surface area (Å²) < 4.78 is 5.40. The number of rotatable bonds is 10. The quantitative estimate of drug-likeness (QED) is 0.332. The van der Waals surface area contributed by atoms with Crippen LogP contribution in [-0.2, 0) is 23.9 Å². The Morgan fingerprint density at radius 1 is 1.24 bits per heavy atom. The van der Waals surface area contributed by atoms with Gasteiger partial charge in [-0.05, 0) is 44.4 Å². The lowest BCUT2D eigenvalue weighted by Gasteiger charge is -2.30. The number of nitrogens with one attached hydrogen (secondary N) is 1. The summed E-state index contributed by atoms with van der Waals surface area (Å²) >= 11 is 0. The molecule has 1 saturated carbocycles. The van der Waals surface area contributed by atoms with Crippen LogP contribution in [-0.4, -0.2) is 72.8 Å². The van der Waals surface area contributed by atoms with E-state index in [0.29, 0.717) is 37.5 Å². The van der Waals surface area contributed by atoms with Crippen molar-refractivity contribution in [3.05, 3.63) is 11.6 Å². The molecule has 1 unspecified atom stereocenters. The van der Waals surface area contributed by atoms with Gasteiger partial charge in [0.25, 0.3) is 0 Å². The number of likely N-dealkylation sites (N-methyl/N-ethyl adjacent to an activating group) is 1. The van der Waals surface area contributed by atoms with Gasteiger partial charge in [-0.15, -0.1) is 0 Å². The summed E-state index contributed by atoms with van der Waals surface area (Å²) in [6.45, 7) is 6.52. The van der Waals surface area contributed by atoms with Gasteiger partial charge < -0.3 is 19.9 Å². The minimum Gasteiger partial charge on any atom is -0.464 e. The van der Waals surface area contributed by atoms with Gasteiger partial charge in [0.1, 0.15) is 6.04 Å². The maximum Gasteiger partial charge on any atom is 0.328 e. The maximum atomic E-state index is 13.0. The highest BCUT2D eigenvalue weighted by atomic mass is 16.5. The summed E-state index contributed by atoms with van der Waals surface area (Å²) in [6, 6.07) is -0.832. The molecular weight excluding hydrogens is 374 g/mol. The summed E-state index contributed by atoms with van der Waals surface area (Å²) in [7, 11) is 1.65. The number of amides is 3. The molecule has 0 bridgehead atoms. The Bertz CT molecular complexity index is 657. The molecule has 1 aliphatic heterocycles. The van der Waals surface area contributed by atoms with Crippen molar-refractivity contribution in [1.82, 2.24) is 15.1 Å². The molecular formula is C21H33N3O5. The van der Waals surface area contributed by atoms with Crippen LogP contribution in [0.2, 0.25) is 0 Å². The van der Waals surface area contributed by atoms with Crippen molar-refractivity contribution in [3.63, 3.8) is 0 Å². The molecule has 1 saturated heterocycles. The van der Waals surface area contributed by atoms with E-state index in [9.17, 15) is 19.2 Å². The Balaban J connectivity index is 2.05. The standard InChI is InChI=1S/C21H33N3O5/c1-14(2)18(23(4)19(26)11-22-13-25)10-15(3)20(27)24-9-5-6-17(24)21(28)29-12-16-7-8-16/h10,13-14,16-18H,5-9,11-12H2,1-4H3,(H,22,25)/t17?,18-/m1/s1. The number of ether oxygens (including phenoxy) is 1. The van der Waals surface area contributed by atoms with Crippen LogP contribution < -0.4 is 5.32 Å². The van der Waals surface area contributed by atoms with E-state index in [2.05, 4.69) is 5.32 Å². The molecule has 1 N–H and O–H groups in total. The maximum absolute atomic E-state index is 13.0. The molecule has 2 fully saturated rings. The first-order chi connectivity index (χ1) is 13.8. The van der Waals surface area contributed by atoms with Crippen molar-refractivity contribution in [2.24, 2.45) is 11.8 Å². The highest BCUT2D eigenvalue weighted by Crippen LogP contribution is 2.29. The van der Waals surface area contributed by atoms with Gasteiger partial charge in [0.2, 0.25) is 18.2 Å². The van der Waals surface area contributed by atoms with Gasteiger partial charge in [-0.1, -0.05) is 19.9 Å². The topological polar surface area (TPSA) is 96.0 Å². The van der Waals surface area contributed by atoms with Gasteiger partial charge in [0.05, 0.1) is 19.2 Å². The first kappa shape index (κ1) is 22.9. The van der Waals surface area contributed by atoms with E-state index >= 15 is 0 Å². The van der Waals surface area contributed by atoms with Gasteiger partial charge >= 0.3 is 5.97 Å². The molecule has 29 heavy (non-hydrogen) atoms. The summed E-state index contributed by atoms with van der Waals surface area (Å²) in [5.74, 6) is -0.202. The van der Waals surface area contributed by atoms with Crippen LogP contribution in [0.1, 0.15) is 46.5 Å². The molecule has 0 spiro atoms. The van der Waals surface area contributed by atoms with E-state index in [4.69, 9.17) is 4.74 Å². The number of carbonyl (C=O) groups excluding carboxylic acids is 4. The summed E-state index contributed by atoms with van der Waals surface area (Å²) in [4.78, 5) is 51.3. The van der Waals surface area contributed by atoms with Crippen molar-refractivity contribution in [2.45, 2.75) is 58.5 Å². The first-order valence-corrected chi connectivity index (χ1v) is 10.3. The Labute approximate surface area is 172 Å². The van der Waals surface area contributed by atoms with E-state index < -0.39 is 6.04 Å². The Hall–Kier alpha value is -2.38. The lowest BCUT2D eigenvalue weighted by molar-refractivity contribution is -0.152. The van der Waals surface area contributed by atoms with Crippen molar-refractivity contribution < 1.29 is 23.9 Å². The monoisotopic (exact) mass is 407 g/mol. The van der Waals surface area contributed by atoms with Crippen LogP contribution in [0.5, 0.6) is 0 Å². The highest BCUT2D eigenvalue weighted by molar-refractivity contribution is 5.96. The molecule has 2 atom stereocenters. The molecule has 0 aromatic rings. The molecule has 1 aliphatic carbocycles. The molecule has 2 rings (SSSR count). The average Bonchev–Trinajstić information content (AvgIpc) is 3.40. The zero-order chi connectivity index (χ0) is 21.6.